The van der Waals surface area contributed by atoms with Crippen molar-refractivity contribution in [1.29, 1.82) is 0 Å². The lowest BCUT2D eigenvalue weighted by Gasteiger charge is -2.22. The Hall–Kier alpha value is -1.58. The molecular weight excluding hydrogens is 218 g/mol. The second kappa shape index (κ2) is 5.17. The van der Waals surface area contributed by atoms with Gasteiger partial charge in [0, 0.05) is 18.8 Å². The summed E-state index contributed by atoms with van der Waals surface area (Å²) in [7, 11) is 0. The predicted molar refractivity (Wildman–Crippen MR) is 64.2 cm³/mol. The van der Waals surface area contributed by atoms with Crippen molar-refractivity contribution in [2.75, 3.05) is 0 Å². The van der Waals surface area contributed by atoms with Gasteiger partial charge >= 0.3 is 5.97 Å². The molecule has 1 heterocycles. The quantitative estimate of drug-likeness (QED) is 0.873. The zero-order valence-corrected chi connectivity index (χ0v) is 9.76. The van der Waals surface area contributed by atoms with E-state index in [2.05, 4.69) is 0 Å². The molecule has 0 amide bonds. The third-order valence-electron chi connectivity index (χ3n) is 3.42. The summed E-state index contributed by atoms with van der Waals surface area (Å²) in [5.41, 5.74) is -0.148. The highest BCUT2D eigenvalue weighted by Crippen LogP contribution is 2.24. The average molecular weight is 235 g/mol. The van der Waals surface area contributed by atoms with E-state index in [1.54, 1.807) is 10.8 Å². The topological polar surface area (TPSA) is 59.3 Å². The molecule has 1 saturated carbocycles. The molecule has 4 nitrogen and oxygen atoms in total. The molecular formula is C13H17NO3. The average Bonchev–Trinajstić information content (AvgIpc) is 2.33. The predicted octanol–water partition coefficient (Wildman–Crippen LogP) is 2.13. The van der Waals surface area contributed by atoms with Crippen molar-refractivity contribution in [3.63, 3.8) is 0 Å². The number of hydrogen-bond acceptors (Lipinski definition) is 2. The van der Waals surface area contributed by atoms with Crippen molar-refractivity contribution in [1.82, 2.24) is 4.57 Å². The fraction of sp³-hybridized carbons (Fsp3) is 0.538. The van der Waals surface area contributed by atoms with Crippen LogP contribution in [0.25, 0.3) is 0 Å². The van der Waals surface area contributed by atoms with Crippen molar-refractivity contribution >= 4 is 5.97 Å². The largest absolute Gasteiger partial charge is 0.478 e. The Labute approximate surface area is 99.9 Å². The molecule has 0 radical (unpaired) electrons. The van der Waals surface area contributed by atoms with Crippen LogP contribution >= 0.6 is 0 Å². The Kier molecular flexibility index (Phi) is 3.61. The Bertz CT molecular complexity index is 458. The van der Waals surface area contributed by atoms with Gasteiger partial charge in [-0.3, -0.25) is 4.79 Å². The SMILES string of the molecule is O=C(O)c1ccn(CC2CCCCC2)c(=O)c1. The fourth-order valence-electron chi connectivity index (χ4n) is 2.44. The maximum absolute atomic E-state index is 11.7. The van der Waals surface area contributed by atoms with Crippen molar-refractivity contribution in [3.8, 4) is 0 Å². The minimum Gasteiger partial charge on any atom is -0.478 e. The van der Waals surface area contributed by atoms with Gasteiger partial charge in [-0.2, -0.15) is 0 Å². The molecule has 4 heteroatoms. The lowest BCUT2D eigenvalue weighted by Crippen LogP contribution is -2.25. The van der Waals surface area contributed by atoms with Gasteiger partial charge in [-0.05, 0) is 24.8 Å². The minimum atomic E-state index is -1.05. The molecule has 1 aliphatic rings. The van der Waals surface area contributed by atoms with Crippen molar-refractivity contribution < 1.29 is 9.90 Å². The first-order valence-corrected chi connectivity index (χ1v) is 6.10. The van der Waals surface area contributed by atoms with Gasteiger partial charge in [-0.15, -0.1) is 0 Å². The molecule has 1 aromatic rings. The summed E-state index contributed by atoms with van der Waals surface area (Å²) in [6.45, 7) is 0.721. The zero-order valence-electron chi connectivity index (χ0n) is 9.76. The van der Waals surface area contributed by atoms with E-state index in [0.717, 1.165) is 6.54 Å². The zero-order chi connectivity index (χ0) is 12.3. The van der Waals surface area contributed by atoms with Gasteiger partial charge in [0.25, 0.3) is 5.56 Å². The van der Waals surface area contributed by atoms with E-state index in [0.29, 0.717) is 5.92 Å². The number of pyridine rings is 1. The standard InChI is InChI=1S/C13H17NO3/c15-12-8-11(13(16)17)6-7-14(12)9-10-4-2-1-3-5-10/h6-8,10H,1-5,9H2,(H,16,17). The highest BCUT2D eigenvalue weighted by molar-refractivity contribution is 5.87. The van der Waals surface area contributed by atoms with E-state index in [-0.39, 0.29) is 11.1 Å². The summed E-state index contributed by atoms with van der Waals surface area (Å²) in [6, 6.07) is 2.69. The lowest BCUT2D eigenvalue weighted by molar-refractivity contribution is 0.0696. The molecule has 0 spiro atoms. The van der Waals surface area contributed by atoms with Crippen LogP contribution in [0.4, 0.5) is 0 Å². The summed E-state index contributed by atoms with van der Waals surface area (Å²) >= 11 is 0. The molecule has 0 aliphatic heterocycles. The van der Waals surface area contributed by atoms with Crippen molar-refractivity contribution in [2.45, 2.75) is 38.6 Å². The fourth-order valence-corrected chi connectivity index (χ4v) is 2.44. The van der Waals surface area contributed by atoms with Gasteiger partial charge in [-0.1, -0.05) is 19.3 Å². The molecule has 0 aromatic carbocycles. The number of carbonyl (C=O) groups is 1. The summed E-state index contributed by atoms with van der Waals surface area (Å²) < 4.78 is 1.63. The van der Waals surface area contributed by atoms with Crippen LogP contribution in [0.15, 0.2) is 23.1 Å². The molecule has 1 aromatic heterocycles. The summed E-state index contributed by atoms with van der Waals surface area (Å²) in [6.07, 6.45) is 7.73. The van der Waals surface area contributed by atoms with Gasteiger partial charge in [-0.25, -0.2) is 4.79 Å². The molecule has 92 valence electrons. The number of carboxylic acid groups (broad SMARTS) is 1. The van der Waals surface area contributed by atoms with E-state index in [1.807, 2.05) is 0 Å². The smallest absolute Gasteiger partial charge is 0.335 e. The van der Waals surface area contributed by atoms with E-state index < -0.39 is 5.97 Å². The Morgan fingerprint density at radius 3 is 2.65 bits per heavy atom. The van der Waals surface area contributed by atoms with E-state index in [4.69, 9.17) is 5.11 Å². The monoisotopic (exact) mass is 235 g/mol. The van der Waals surface area contributed by atoms with Crippen LogP contribution in [0, 0.1) is 5.92 Å². The Morgan fingerprint density at radius 1 is 1.35 bits per heavy atom. The maximum Gasteiger partial charge on any atom is 0.335 e. The number of aromatic carboxylic acids is 1. The van der Waals surface area contributed by atoms with Crippen molar-refractivity contribution in [2.24, 2.45) is 5.92 Å². The first-order valence-electron chi connectivity index (χ1n) is 6.10. The number of rotatable bonds is 3. The molecule has 0 bridgehead atoms. The van der Waals surface area contributed by atoms with Gasteiger partial charge in [0.2, 0.25) is 0 Å². The molecule has 1 N–H and O–H groups in total. The second-order valence-electron chi connectivity index (χ2n) is 4.72. The van der Waals surface area contributed by atoms with Crippen molar-refractivity contribution in [3.05, 3.63) is 34.2 Å². The number of hydrogen-bond donors (Lipinski definition) is 1. The normalized spacial score (nSPS) is 16.9. The van der Waals surface area contributed by atoms with Crippen LogP contribution in [-0.2, 0) is 6.54 Å². The van der Waals surface area contributed by atoms with Gasteiger partial charge < -0.3 is 9.67 Å². The number of aromatic nitrogens is 1. The number of carboxylic acids is 1. The second-order valence-corrected chi connectivity index (χ2v) is 4.72. The Morgan fingerprint density at radius 2 is 2.06 bits per heavy atom. The summed E-state index contributed by atoms with van der Waals surface area (Å²) in [5, 5.41) is 8.77. The first kappa shape index (κ1) is 11.9. The molecule has 0 saturated heterocycles. The van der Waals surface area contributed by atoms with Gasteiger partial charge in [0.05, 0.1) is 5.56 Å². The number of nitrogens with zero attached hydrogens (tertiary/aromatic N) is 1. The third kappa shape index (κ3) is 2.96. The lowest BCUT2D eigenvalue weighted by atomic mass is 9.89. The molecule has 1 fully saturated rings. The third-order valence-corrected chi connectivity index (χ3v) is 3.42. The first-order chi connectivity index (χ1) is 8.16. The highest BCUT2D eigenvalue weighted by atomic mass is 16.4. The molecule has 2 rings (SSSR count). The van der Waals surface area contributed by atoms with Crippen LogP contribution in [0.3, 0.4) is 0 Å². The minimum absolute atomic E-state index is 0.0647. The van der Waals surface area contributed by atoms with Crippen LogP contribution in [-0.4, -0.2) is 15.6 Å². The van der Waals surface area contributed by atoms with Crippen LogP contribution < -0.4 is 5.56 Å². The molecule has 17 heavy (non-hydrogen) atoms. The summed E-state index contributed by atoms with van der Waals surface area (Å²) in [5.74, 6) is -0.482. The van der Waals surface area contributed by atoms with E-state index in [1.165, 1.54) is 44.2 Å². The summed E-state index contributed by atoms with van der Waals surface area (Å²) in [4.78, 5) is 22.4. The van der Waals surface area contributed by atoms with Crippen LogP contribution in [0.2, 0.25) is 0 Å². The van der Waals surface area contributed by atoms with Gasteiger partial charge in [0.1, 0.15) is 0 Å². The molecule has 1 aliphatic carbocycles. The molecule has 0 atom stereocenters. The Balaban J connectivity index is 2.11. The van der Waals surface area contributed by atoms with Crippen LogP contribution in [0.5, 0.6) is 0 Å². The molecule has 0 unspecified atom stereocenters. The van der Waals surface area contributed by atoms with Crippen LogP contribution in [0.1, 0.15) is 42.5 Å². The highest BCUT2D eigenvalue weighted by Gasteiger charge is 2.14. The van der Waals surface area contributed by atoms with E-state index in [9.17, 15) is 9.59 Å². The maximum atomic E-state index is 11.7. The van der Waals surface area contributed by atoms with Gasteiger partial charge in [0.15, 0.2) is 0 Å². The van der Waals surface area contributed by atoms with E-state index >= 15 is 0 Å².